The van der Waals surface area contributed by atoms with Gasteiger partial charge in [0.15, 0.2) is 10.9 Å². The van der Waals surface area contributed by atoms with Crippen molar-refractivity contribution in [2.24, 2.45) is 0 Å². The first-order valence-corrected chi connectivity index (χ1v) is 8.72. The van der Waals surface area contributed by atoms with Crippen LogP contribution < -0.4 is 5.32 Å². The molecule has 1 amide bonds. The molecule has 0 spiro atoms. The maximum Gasteiger partial charge on any atom is 0.257 e. The Morgan fingerprint density at radius 1 is 1.19 bits per heavy atom. The van der Waals surface area contributed by atoms with Crippen LogP contribution in [0.4, 0.5) is 5.13 Å². The van der Waals surface area contributed by atoms with Gasteiger partial charge in [0.05, 0.1) is 5.69 Å². The molecule has 0 bridgehead atoms. The molecule has 26 heavy (non-hydrogen) atoms. The van der Waals surface area contributed by atoms with Gasteiger partial charge < -0.3 is 0 Å². The fraction of sp³-hybridized carbons (Fsp3) is 0.0556. The van der Waals surface area contributed by atoms with Gasteiger partial charge in [-0.25, -0.2) is 19.6 Å². The smallest absolute Gasteiger partial charge is 0.257 e. The second-order valence-electron chi connectivity index (χ2n) is 5.60. The number of aryl methyl sites for hydroxylation is 1. The van der Waals surface area contributed by atoms with E-state index in [0.717, 1.165) is 11.3 Å². The summed E-state index contributed by atoms with van der Waals surface area (Å²) in [6, 6.07) is 11.4. The van der Waals surface area contributed by atoms with E-state index in [4.69, 9.17) is 0 Å². The molecule has 0 fully saturated rings. The molecular formula is C18H14N6OS. The third kappa shape index (κ3) is 3.35. The molecule has 4 rings (SSSR count). The Kier molecular flexibility index (Phi) is 4.24. The van der Waals surface area contributed by atoms with Crippen molar-refractivity contribution in [2.45, 2.75) is 6.92 Å². The van der Waals surface area contributed by atoms with E-state index >= 15 is 0 Å². The number of benzene rings is 1. The van der Waals surface area contributed by atoms with Crippen LogP contribution in [0.15, 0.2) is 60.6 Å². The van der Waals surface area contributed by atoms with E-state index in [2.05, 4.69) is 25.4 Å². The molecule has 0 aliphatic carbocycles. The van der Waals surface area contributed by atoms with E-state index in [-0.39, 0.29) is 5.91 Å². The zero-order valence-corrected chi connectivity index (χ0v) is 14.6. The highest BCUT2D eigenvalue weighted by Gasteiger charge is 2.11. The molecule has 0 atom stereocenters. The molecule has 3 heterocycles. The third-order valence-electron chi connectivity index (χ3n) is 3.73. The maximum absolute atomic E-state index is 12.5. The van der Waals surface area contributed by atoms with E-state index in [9.17, 15) is 4.79 Å². The summed E-state index contributed by atoms with van der Waals surface area (Å²) >= 11 is 1.39. The highest BCUT2D eigenvalue weighted by atomic mass is 32.1. The van der Waals surface area contributed by atoms with Crippen LogP contribution in [0, 0.1) is 6.92 Å². The summed E-state index contributed by atoms with van der Waals surface area (Å²) in [4.78, 5) is 25.1. The predicted molar refractivity (Wildman–Crippen MR) is 99.4 cm³/mol. The quantitative estimate of drug-likeness (QED) is 0.602. The summed E-state index contributed by atoms with van der Waals surface area (Å²) in [5.74, 6) is 0.271. The molecule has 0 aliphatic heterocycles. The molecular weight excluding hydrogens is 348 g/mol. The number of nitrogens with zero attached hydrogens (tertiary/aromatic N) is 5. The van der Waals surface area contributed by atoms with Crippen LogP contribution in [0.1, 0.15) is 15.9 Å². The third-order valence-corrected chi connectivity index (χ3v) is 4.49. The molecule has 1 aromatic carbocycles. The second-order valence-corrected chi connectivity index (χ2v) is 6.46. The number of anilines is 1. The van der Waals surface area contributed by atoms with Crippen molar-refractivity contribution in [3.63, 3.8) is 0 Å². The summed E-state index contributed by atoms with van der Waals surface area (Å²) in [6.07, 6.45) is 4.50. The number of carbonyl (C=O) groups is 1. The fourth-order valence-electron chi connectivity index (χ4n) is 2.37. The lowest BCUT2D eigenvalue weighted by atomic mass is 10.1. The van der Waals surface area contributed by atoms with Crippen LogP contribution in [0.3, 0.4) is 0 Å². The van der Waals surface area contributed by atoms with Crippen molar-refractivity contribution in [3.05, 3.63) is 71.8 Å². The summed E-state index contributed by atoms with van der Waals surface area (Å²) in [5.41, 5.74) is 3.52. The Morgan fingerprint density at radius 3 is 2.81 bits per heavy atom. The average molecular weight is 362 g/mol. The maximum atomic E-state index is 12.5. The minimum absolute atomic E-state index is 0.251. The molecule has 8 heteroatoms. The average Bonchev–Trinajstić information content (AvgIpc) is 3.34. The standard InChI is InChI=1S/C18H14N6OS/c1-12-2-4-13(5-3-12)15-9-26-18(22-15)23-17(25)14-6-7-20-16(8-14)24-11-19-10-21-24/h2-11H,1H3,(H,22,23,25). The molecule has 1 N–H and O–H groups in total. The molecule has 7 nitrogen and oxygen atoms in total. The summed E-state index contributed by atoms with van der Waals surface area (Å²) in [6.45, 7) is 2.04. The van der Waals surface area contributed by atoms with Crippen molar-refractivity contribution < 1.29 is 4.79 Å². The number of nitrogens with one attached hydrogen (secondary N) is 1. The molecule has 128 valence electrons. The molecule has 3 aromatic heterocycles. The Morgan fingerprint density at radius 2 is 2.04 bits per heavy atom. The van der Waals surface area contributed by atoms with Crippen molar-refractivity contribution in [3.8, 4) is 17.1 Å². The minimum atomic E-state index is -0.251. The van der Waals surface area contributed by atoms with Gasteiger partial charge >= 0.3 is 0 Å². The zero-order valence-electron chi connectivity index (χ0n) is 13.8. The lowest BCUT2D eigenvalue weighted by Crippen LogP contribution is -2.12. The van der Waals surface area contributed by atoms with E-state index in [0.29, 0.717) is 16.5 Å². The van der Waals surface area contributed by atoms with E-state index in [1.807, 2.05) is 36.6 Å². The predicted octanol–water partition coefficient (Wildman–Crippen LogP) is 3.35. The molecule has 0 saturated carbocycles. The number of pyridine rings is 1. The Balaban J connectivity index is 1.52. The van der Waals surface area contributed by atoms with Crippen molar-refractivity contribution in [1.29, 1.82) is 0 Å². The Hall–Kier alpha value is -3.39. The monoisotopic (exact) mass is 362 g/mol. The van der Waals surface area contributed by atoms with Gasteiger partial charge in [-0.15, -0.1) is 11.3 Å². The van der Waals surface area contributed by atoms with Crippen molar-refractivity contribution >= 4 is 22.4 Å². The van der Waals surface area contributed by atoms with Crippen LogP contribution in [-0.4, -0.2) is 30.6 Å². The van der Waals surface area contributed by atoms with Crippen molar-refractivity contribution in [1.82, 2.24) is 24.7 Å². The Bertz CT molecular complexity index is 1040. The van der Waals surface area contributed by atoms with E-state index in [1.54, 1.807) is 18.3 Å². The number of thiazole rings is 1. The molecule has 0 radical (unpaired) electrons. The summed E-state index contributed by atoms with van der Waals surface area (Å²) in [7, 11) is 0. The topological polar surface area (TPSA) is 85.6 Å². The van der Waals surface area contributed by atoms with Crippen LogP contribution in [0.2, 0.25) is 0 Å². The largest absolute Gasteiger partial charge is 0.298 e. The lowest BCUT2D eigenvalue weighted by Gasteiger charge is -2.04. The van der Waals surface area contributed by atoms with Gasteiger partial charge in [-0.2, -0.15) is 5.10 Å². The normalized spacial score (nSPS) is 10.7. The number of hydrogen-bond acceptors (Lipinski definition) is 6. The first kappa shape index (κ1) is 16.1. The number of amides is 1. The highest BCUT2D eigenvalue weighted by Crippen LogP contribution is 2.25. The van der Waals surface area contributed by atoms with Crippen LogP contribution in [-0.2, 0) is 0 Å². The SMILES string of the molecule is Cc1ccc(-c2csc(NC(=O)c3ccnc(-n4cncn4)c3)n2)cc1. The van der Waals surface area contributed by atoms with E-state index in [1.165, 1.54) is 34.2 Å². The minimum Gasteiger partial charge on any atom is -0.298 e. The molecule has 0 aliphatic rings. The second kappa shape index (κ2) is 6.85. The van der Waals surface area contributed by atoms with Crippen molar-refractivity contribution in [2.75, 3.05) is 5.32 Å². The molecule has 4 aromatic rings. The fourth-order valence-corrected chi connectivity index (χ4v) is 3.08. The molecule has 0 saturated heterocycles. The van der Waals surface area contributed by atoms with E-state index < -0.39 is 0 Å². The van der Waals surface area contributed by atoms with Gasteiger partial charge in [-0.3, -0.25) is 10.1 Å². The Labute approximate surface area is 153 Å². The number of hydrogen-bond donors (Lipinski definition) is 1. The van der Waals surface area contributed by atoms with Gasteiger partial charge in [0.2, 0.25) is 0 Å². The van der Waals surface area contributed by atoms with Crippen LogP contribution >= 0.6 is 11.3 Å². The summed E-state index contributed by atoms with van der Waals surface area (Å²) in [5, 5.41) is 9.31. The van der Waals surface area contributed by atoms with Gasteiger partial charge in [0.25, 0.3) is 5.91 Å². The van der Waals surface area contributed by atoms with Gasteiger partial charge in [-0.1, -0.05) is 29.8 Å². The number of carbonyl (C=O) groups excluding carboxylic acids is 1. The first-order chi connectivity index (χ1) is 12.7. The number of aromatic nitrogens is 5. The van der Waals surface area contributed by atoms with Crippen LogP contribution in [0.25, 0.3) is 17.1 Å². The van der Waals surface area contributed by atoms with Gasteiger partial charge in [0.1, 0.15) is 12.7 Å². The zero-order chi connectivity index (χ0) is 17.9. The highest BCUT2D eigenvalue weighted by molar-refractivity contribution is 7.14. The van der Waals surface area contributed by atoms with Crippen LogP contribution in [0.5, 0.6) is 0 Å². The lowest BCUT2D eigenvalue weighted by molar-refractivity contribution is 0.102. The van der Waals surface area contributed by atoms with Gasteiger partial charge in [-0.05, 0) is 19.1 Å². The summed E-state index contributed by atoms with van der Waals surface area (Å²) < 4.78 is 1.50. The van der Waals surface area contributed by atoms with Gasteiger partial charge in [0, 0.05) is 22.7 Å². The number of rotatable bonds is 4. The first-order valence-electron chi connectivity index (χ1n) is 7.84. The molecule has 0 unspecified atom stereocenters.